The molecular formula is C21H25N3OS. The zero-order chi connectivity index (χ0) is 18.5. The summed E-state index contributed by atoms with van der Waals surface area (Å²) in [5.74, 6) is -0.359. The second-order valence-electron chi connectivity index (χ2n) is 6.49. The number of thiophene rings is 1. The van der Waals surface area contributed by atoms with E-state index in [0.29, 0.717) is 12.1 Å². The Morgan fingerprint density at radius 2 is 2.08 bits per heavy atom. The predicted octanol–water partition coefficient (Wildman–Crippen LogP) is 4.80. The predicted molar refractivity (Wildman–Crippen MR) is 108 cm³/mol. The highest BCUT2D eigenvalue weighted by Crippen LogP contribution is 2.36. The third-order valence-electron chi connectivity index (χ3n) is 4.71. The number of unbranched alkanes of at least 4 members (excludes halogenated alkanes) is 2. The molecule has 0 aliphatic rings. The molecule has 0 spiro atoms. The molecular weight excluding hydrogens is 342 g/mol. The highest BCUT2D eigenvalue weighted by Gasteiger charge is 2.25. The van der Waals surface area contributed by atoms with Crippen molar-refractivity contribution < 1.29 is 4.79 Å². The monoisotopic (exact) mass is 367 g/mol. The molecule has 3 rings (SSSR count). The molecule has 3 aromatic rings. The molecule has 26 heavy (non-hydrogen) atoms. The van der Waals surface area contributed by atoms with E-state index in [1.54, 1.807) is 17.5 Å². The Kier molecular flexibility index (Phi) is 5.89. The zero-order valence-corrected chi connectivity index (χ0v) is 16.2. The van der Waals surface area contributed by atoms with Crippen LogP contribution in [0.3, 0.4) is 0 Å². The fourth-order valence-corrected chi connectivity index (χ4v) is 4.25. The van der Waals surface area contributed by atoms with E-state index in [9.17, 15) is 4.79 Å². The summed E-state index contributed by atoms with van der Waals surface area (Å²) < 4.78 is 2.23. The van der Waals surface area contributed by atoms with Gasteiger partial charge in [0.05, 0.1) is 17.8 Å². The van der Waals surface area contributed by atoms with Crippen LogP contribution in [0.15, 0.2) is 41.9 Å². The van der Waals surface area contributed by atoms with Gasteiger partial charge in [-0.3, -0.25) is 9.78 Å². The van der Waals surface area contributed by atoms with Crippen LogP contribution in [-0.2, 0) is 13.0 Å². The number of aromatic nitrogens is 2. The number of carbonyl (C=O) groups is 1. The largest absolute Gasteiger partial charge is 0.366 e. The number of nitrogens with zero attached hydrogens (tertiary/aromatic N) is 2. The van der Waals surface area contributed by atoms with Crippen molar-refractivity contribution in [2.45, 2.75) is 46.1 Å². The van der Waals surface area contributed by atoms with Gasteiger partial charge in [-0.1, -0.05) is 31.9 Å². The lowest BCUT2D eigenvalue weighted by molar-refractivity contribution is 0.1000. The van der Waals surface area contributed by atoms with E-state index in [1.165, 1.54) is 12.1 Å². The lowest BCUT2D eigenvalue weighted by Gasteiger charge is -2.12. The fraction of sp³-hybridized carbons (Fsp3) is 0.333. The summed E-state index contributed by atoms with van der Waals surface area (Å²) in [6, 6.07) is 10.0. The summed E-state index contributed by atoms with van der Waals surface area (Å²) in [7, 11) is 0. The van der Waals surface area contributed by atoms with Crippen LogP contribution < -0.4 is 5.73 Å². The molecule has 0 aliphatic heterocycles. The summed E-state index contributed by atoms with van der Waals surface area (Å²) in [4.78, 5) is 17.9. The Bertz CT molecular complexity index is 867. The molecule has 0 radical (unpaired) electrons. The zero-order valence-electron chi connectivity index (χ0n) is 15.4. The minimum Gasteiger partial charge on any atom is -0.366 e. The summed E-state index contributed by atoms with van der Waals surface area (Å²) in [6.45, 7) is 4.84. The first kappa shape index (κ1) is 18.4. The lowest BCUT2D eigenvalue weighted by atomic mass is 10.0. The van der Waals surface area contributed by atoms with E-state index in [-0.39, 0.29) is 5.91 Å². The number of primary amides is 1. The maximum Gasteiger partial charge on any atom is 0.251 e. The van der Waals surface area contributed by atoms with Crippen LogP contribution in [-0.4, -0.2) is 15.5 Å². The normalized spacial score (nSPS) is 11.0. The first-order valence-electron chi connectivity index (χ1n) is 9.09. The molecule has 0 saturated heterocycles. The summed E-state index contributed by atoms with van der Waals surface area (Å²) in [5, 5.41) is 2.04. The molecule has 3 heterocycles. The minimum absolute atomic E-state index is 0.359. The third-order valence-corrected chi connectivity index (χ3v) is 5.60. The molecule has 1 amide bonds. The van der Waals surface area contributed by atoms with Crippen molar-refractivity contribution in [1.29, 1.82) is 0 Å². The second-order valence-corrected chi connectivity index (χ2v) is 7.44. The average Bonchev–Trinajstić information content (AvgIpc) is 3.24. The number of carbonyl (C=O) groups excluding carboxylic acids is 1. The van der Waals surface area contributed by atoms with E-state index in [0.717, 1.165) is 41.1 Å². The van der Waals surface area contributed by atoms with E-state index in [1.807, 2.05) is 36.6 Å². The molecule has 0 aliphatic carbocycles. The molecule has 5 heteroatoms. The van der Waals surface area contributed by atoms with Gasteiger partial charge in [-0.25, -0.2) is 0 Å². The van der Waals surface area contributed by atoms with Crippen LogP contribution in [0.5, 0.6) is 0 Å². The molecule has 3 aromatic heterocycles. The fourth-order valence-electron chi connectivity index (χ4n) is 3.46. The number of pyridine rings is 1. The molecule has 2 N–H and O–H groups in total. The van der Waals surface area contributed by atoms with Gasteiger partial charge in [-0.2, -0.15) is 0 Å². The molecule has 0 aromatic carbocycles. The summed E-state index contributed by atoms with van der Waals surface area (Å²) in [6.07, 6.45) is 6.17. The number of hydrogen-bond donors (Lipinski definition) is 1. The van der Waals surface area contributed by atoms with Gasteiger partial charge in [0.25, 0.3) is 5.91 Å². The number of rotatable bonds is 8. The van der Waals surface area contributed by atoms with Crippen molar-refractivity contribution in [2.24, 2.45) is 5.73 Å². The van der Waals surface area contributed by atoms with E-state index < -0.39 is 0 Å². The Morgan fingerprint density at radius 1 is 1.23 bits per heavy atom. The Balaban J connectivity index is 2.14. The maximum atomic E-state index is 12.3. The van der Waals surface area contributed by atoms with Crippen LogP contribution in [0, 0.1) is 6.92 Å². The van der Waals surface area contributed by atoms with Gasteiger partial charge in [0.1, 0.15) is 0 Å². The average molecular weight is 368 g/mol. The van der Waals surface area contributed by atoms with Gasteiger partial charge >= 0.3 is 0 Å². The van der Waals surface area contributed by atoms with Crippen LogP contribution in [0.25, 0.3) is 10.4 Å². The molecule has 0 atom stereocenters. The molecule has 4 nitrogen and oxygen atoms in total. The summed E-state index contributed by atoms with van der Waals surface area (Å²) >= 11 is 1.65. The standard InChI is InChI=1S/C21H25N3OS/c1-3-4-5-10-17-20(18-11-8-13-26-18)19(21(22)25)15(2)24(17)14-16-9-6-7-12-23-16/h6-9,11-13H,3-5,10,14H2,1-2H3,(H2,22,25). The lowest BCUT2D eigenvalue weighted by Crippen LogP contribution is -2.13. The van der Waals surface area contributed by atoms with E-state index in [4.69, 9.17) is 5.73 Å². The smallest absolute Gasteiger partial charge is 0.251 e. The van der Waals surface area contributed by atoms with Gasteiger partial charge < -0.3 is 10.3 Å². The van der Waals surface area contributed by atoms with Gasteiger partial charge in [0.15, 0.2) is 0 Å². The van der Waals surface area contributed by atoms with Crippen molar-refractivity contribution in [3.8, 4) is 10.4 Å². The maximum absolute atomic E-state index is 12.3. The Morgan fingerprint density at radius 3 is 2.69 bits per heavy atom. The second kappa shape index (κ2) is 8.32. The Hall–Kier alpha value is -2.40. The number of nitrogens with two attached hydrogens (primary N) is 1. The van der Waals surface area contributed by atoms with Crippen LogP contribution in [0.2, 0.25) is 0 Å². The SMILES string of the molecule is CCCCCc1c(-c2cccs2)c(C(N)=O)c(C)n1Cc1ccccn1. The van der Waals surface area contributed by atoms with Gasteiger partial charge in [-0.05, 0) is 43.3 Å². The molecule has 0 fully saturated rings. The highest BCUT2D eigenvalue weighted by atomic mass is 32.1. The van der Waals surface area contributed by atoms with Crippen LogP contribution in [0.1, 0.15) is 53.6 Å². The molecule has 0 bridgehead atoms. The van der Waals surface area contributed by atoms with Crippen molar-refractivity contribution in [2.75, 3.05) is 0 Å². The van der Waals surface area contributed by atoms with Crippen LogP contribution in [0.4, 0.5) is 0 Å². The van der Waals surface area contributed by atoms with Crippen molar-refractivity contribution in [3.05, 3.63) is 64.6 Å². The quantitative estimate of drug-likeness (QED) is 0.581. The third kappa shape index (κ3) is 3.73. The molecule has 136 valence electrons. The summed E-state index contributed by atoms with van der Waals surface area (Å²) in [5.41, 5.74) is 10.6. The first-order valence-corrected chi connectivity index (χ1v) is 9.97. The number of amides is 1. The molecule has 0 saturated carbocycles. The van der Waals surface area contributed by atoms with Crippen molar-refractivity contribution >= 4 is 17.2 Å². The topological polar surface area (TPSA) is 60.9 Å². The van der Waals surface area contributed by atoms with E-state index >= 15 is 0 Å². The highest BCUT2D eigenvalue weighted by molar-refractivity contribution is 7.13. The van der Waals surface area contributed by atoms with Gasteiger partial charge in [0.2, 0.25) is 0 Å². The first-order chi connectivity index (χ1) is 12.6. The van der Waals surface area contributed by atoms with Crippen LogP contribution >= 0.6 is 11.3 Å². The van der Waals surface area contributed by atoms with Gasteiger partial charge in [-0.15, -0.1) is 11.3 Å². The minimum atomic E-state index is -0.359. The van der Waals surface area contributed by atoms with Gasteiger partial charge in [0, 0.05) is 28.0 Å². The Labute approximate surface area is 158 Å². The van der Waals surface area contributed by atoms with Crippen molar-refractivity contribution in [3.63, 3.8) is 0 Å². The van der Waals surface area contributed by atoms with Crippen molar-refractivity contribution in [1.82, 2.24) is 9.55 Å². The van der Waals surface area contributed by atoms with E-state index in [2.05, 4.69) is 22.5 Å². The molecule has 0 unspecified atom stereocenters. The number of hydrogen-bond acceptors (Lipinski definition) is 3.